The van der Waals surface area contributed by atoms with Gasteiger partial charge in [-0.2, -0.15) is 12.6 Å². The Morgan fingerprint density at radius 1 is 1.33 bits per heavy atom. The van der Waals surface area contributed by atoms with Crippen LogP contribution < -0.4 is 5.32 Å². The van der Waals surface area contributed by atoms with E-state index in [-0.39, 0.29) is 11.5 Å². The quantitative estimate of drug-likeness (QED) is 0.471. The van der Waals surface area contributed by atoms with Crippen molar-refractivity contribution >= 4 is 30.6 Å². The molecule has 0 radical (unpaired) electrons. The first-order chi connectivity index (χ1) is 8.52. The van der Waals surface area contributed by atoms with E-state index in [4.69, 9.17) is 10.2 Å². The number of carbonyl (C=O) groups excluding carboxylic acids is 1. The SMILES string of the molecule is O=C(/C=C/c1ccc(O)cc1)N[C@H](CS)C(=O)O. The number of nitrogens with one attached hydrogen (secondary N) is 1. The van der Waals surface area contributed by atoms with Crippen LogP contribution in [0.15, 0.2) is 30.3 Å². The zero-order valence-corrected chi connectivity index (χ0v) is 10.3. The molecule has 0 heterocycles. The summed E-state index contributed by atoms with van der Waals surface area (Å²) in [6.07, 6.45) is 2.75. The molecule has 1 amide bonds. The molecular formula is C12H13NO4S. The van der Waals surface area contributed by atoms with E-state index >= 15 is 0 Å². The summed E-state index contributed by atoms with van der Waals surface area (Å²) in [5.74, 6) is -1.48. The number of amides is 1. The van der Waals surface area contributed by atoms with E-state index in [9.17, 15) is 9.59 Å². The Balaban J connectivity index is 2.59. The van der Waals surface area contributed by atoms with Crippen LogP contribution in [0, 0.1) is 0 Å². The van der Waals surface area contributed by atoms with E-state index in [2.05, 4.69) is 17.9 Å². The highest BCUT2D eigenvalue weighted by molar-refractivity contribution is 7.80. The van der Waals surface area contributed by atoms with Gasteiger partial charge in [0.25, 0.3) is 0 Å². The topological polar surface area (TPSA) is 86.6 Å². The first kappa shape index (κ1) is 14.1. The third-order valence-electron chi connectivity index (χ3n) is 2.12. The molecule has 5 nitrogen and oxygen atoms in total. The summed E-state index contributed by atoms with van der Waals surface area (Å²) >= 11 is 3.83. The molecule has 0 aliphatic rings. The number of aliphatic carboxylic acids is 1. The van der Waals surface area contributed by atoms with E-state index in [1.165, 1.54) is 24.3 Å². The molecule has 0 unspecified atom stereocenters. The maximum Gasteiger partial charge on any atom is 0.327 e. The van der Waals surface area contributed by atoms with E-state index in [0.29, 0.717) is 0 Å². The Bertz CT molecular complexity index is 456. The summed E-state index contributed by atoms with van der Waals surface area (Å²) in [7, 11) is 0. The van der Waals surface area contributed by atoms with Crippen molar-refractivity contribution in [2.75, 3.05) is 5.75 Å². The van der Waals surface area contributed by atoms with Crippen molar-refractivity contribution in [3.05, 3.63) is 35.9 Å². The van der Waals surface area contributed by atoms with Gasteiger partial charge >= 0.3 is 5.97 Å². The monoisotopic (exact) mass is 267 g/mol. The number of carboxylic acid groups (broad SMARTS) is 1. The number of rotatable bonds is 5. The van der Waals surface area contributed by atoms with Gasteiger partial charge in [-0.25, -0.2) is 4.79 Å². The van der Waals surface area contributed by atoms with Gasteiger partial charge in [-0.15, -0.1) is 0 Å². The smallest absolute Gasteiger partial charge is 0.327 e. The van der Waals surface area contributed by atoms with Gasteiger partial charge in [-0.3, -0.25) is 4.79 Å². The first-order valence-electron chi connectivity index (χ1n) is 5.14. The van der Waals surface area contributed by atoms with E-state index in [1.807, 2.05) is 0 Å². The zero-order valence-electron chi connectivity index (χ0n) is 9.41. The Morgan fingerprint density at radius 3 is 2.44 bits per heavy atom. The summed E-state index contributed by atoms with van der Waals surface area (Å²) < 4.78 is 0. The third kappa shape index (κ3) is 4.50. The van der Waals surface area contributed by atoms with E-state index in [1.54, 1.807) is 12.1 Å². The van der Waals surface area contributed by atoms with Gasteiger partial charge in [0.15, 0.2) is 0 Å². The van der Waals surface area contributed by atoms with Crippen LogP contribution in [0.1, 0.15) is 5.56 Å². The predicted molar refractivity (Wildman–Crippen MR) is 70.6 cm³/mol. The molecule has 18 heavy (non-hydrogen) atoms. The summed E-state index contributed by atoms with van der Waals surface area (Å²) in [5, 5.41) is 20.1. The first-order valence-corrected chi connectivity index (χ1v) is 5.77. The molecule has 0 aliphatic heterocycles. The van der Waals surface area contributed by atoms with Crippen LogP contribution >= 0.6 is 12.6 Å². The number of phenolic OH excluding ortho intramolecular Hbond substituents is 1. The molecule has 96 valence electrons. The largest absolute Gasteiger partial charge is 0.508 e. The van der Waals surface area contributed by atoms with Gasteiger partial charge in [0.2, 0.25) is 5.91 Å². The van der Waals surface area contributed by atoms with Gasteiger partial charge in [-0.1, -0.05) is 12.1 Å². The standard InChI is InChI=1S/C12H13NO4S/c14-9-4-1-8(2-5-9)3-6-11(15)13-10(7-18)12(16)17/h1-6,10,14,18H,7H2,(H,13,15)(H,16,17)/b6-3+/t10-/m1/s1. The Hall–Kier alpha value is -1.95. The molecule has 0 aliphatic carbocycles. The summed E-state index contributed by atoms with van der Waals surface area (Å²) in [4.78, 5) is 22.1. The molecule has 0 bridgehead atoms. The van der Waals surface area contributed by atoms with Crippen molar-refractivity contribution in [1.29, 1.82) is 0 Å². The maximum atomic E-state index is 11.4. The molecule has 6 heteroatoms. The number of carboxylic acids is 1. The minimum absolute atomic E-state index is 0.0219. The number of phenols is 1. The second-order valence-corrected chi connectivity index (χ2v) is 3.87. The lowest BCUT2D eigenvalue weighted by molar-refractivity contribution is -0.140. The zero-order chi connectivity index (χ0) is 13.5. The van der Waals surface area contributed by atoms with Crippen LogP contribution in [-0.4, -0.2) is 33.9 Å². The maximum absolute atomic E-state index is 11.4. The van der Waals surface area contributed by atoms with Gasteiger partial charge < -0.3 is 15.5 Å². The Morgan fingerprint density at radius 2 is 1.94 bits per heavy atom. The highest BCUT2D eigenvalue weighted by Gasteiger charge is 2.16. The predicted octanol–water partition coefficient (Wildman–Crippen LogP) is 0.905. The lowest BCUT2D eigenvalue weighted by Gasteiger charge is -2.09. The number of hydrogen-bond donors (Lipinski definition) is 4. The second kappa shape index (κ2) is 6.70. The molecule has 1 atom stereocenters. The van der Waals surface area contributed by atoms with Gasteiger partial charge in [-0.05, 0) is 23.8 Å². The molecule has 0 spiro atoms. The highest BCUT2D eigenvalue weighted by atomic mass is 32.1. The summed E-state index contributed by atoms with van der Waals surface area (Å²) in [6, 6.07) is 5.24. The van der Waals surface area contributed by atoms with Crippen LogP contribution in [0.2, 0.25) is 0 Å². The van der Waals surface area contributed by atoms with Crippen LogP contribution in [0.5, 0.6) is 5.75 Å². The lowest BCUT2D eigenvalue weighted by Crippen LogP contribution is -2.41. The molecule has 3 N–H and O–H groups in total. The number of carbonyl (C=O) groups is 2. The average molecular weight is 267 g/mol. The molecule has 1 rings (SSSR count). The van der Waals surface area contributed by atoms with Crippen molar-refractivity contribution in [2.24, 2.45) is 0 Å². The number of thiol groups is 1. The van der Waals surface area contributed by atoms with Gasteiger partial charge in [0.05, 0.1) is 0 Å². The fourth-order valence-electron chi connectivity index (χ4n) is 1.16. The fourth-order valence-corrected chi connectivity index (χ4v) is 1.41. The summed E-state index contributed by atoms with van der Waals surface area (Å²) in [6.45, 7) is 0. The Kier molecular flexibility index (Phi) is 5.26. The third-order valence-corrected chi connectivity index (χ3v) is 2.48. The molecular weight excluding hydrogens is 254 g/mol. The highest BCUT2D eigenvalue weighted by Crippen LogP contribution is 2.10. The average Bonchev–Trinajstić information content (AvgIpc) is 2.35. The molecule has 0 saturated carbocycles. The minimum Gasteiger partial charge on any atom is -0.508 e. The number of hydrogen-bond acceptors (Lipinski definition) is 4. The van der Waals surface area contributed by atoms with Crippen LogP contribution in [0.25, 0.3) is 6.08 Å². The molecule has 1 aromatic carbocycles. The molecule has 0 aromatic heterocycles. The van der Waals surface area contributed by atoms with Gasteiger partial charge in [0, 0.05) is 11.8 Å². The Labute approximate surface area is 110 Å². The second-order valence-electron chi connectivity index (χ2n) is 3.51. The van der Waals surface area contributed by atoms with Crippen molar-refractivity contribution in [3.8, 4) is 5.75 Å². The van der Waals surface area contributed by atoms with E-state index < -0.39 is 17.9 Å². The van der Waals surface area contributed by atoms with Crippen LogP contribution in [0.3, 0.4) is 0 Å². The van der Waals surface area contributed by atoms with Crippen LogP contribution in [0.4, 0.5) is 0 Å². The van der Waals surface area contributed by atoms with Crippen molar-refractivity contribution in [2.45, 2.75) is 6.04 Å². The van der Waals surface area contributed by atoms with Crippen LogP contribution in [-0.2, 0) is 9.59 Å². The van der Waals surface area contributed by atoms with Crippen molar-refractivity contribution < 1.29 is 19.8 Å². The summed E-state index contributed by atoms with van der Waals surface area (Å²) in [5.41, 5.74) is 0.723. The lowest BCUT2D eigenvalue weighted by atomic mass is 10.2. The van der Waals surface area contributed by atoms with Crippen molar-refractivity contribution in [3.63, 3.8) is 0 Å². The normalized spacial score (nSPS) is 12.3. The fraction of sp³-hybridized carbons (Fsp3) is 0.167. The van der Waals surface area contributed by atoms with Gasteiger partial charge in [0.1, 0.15) is 11.8 Å². The van der Waals surface area contributed by atoms with E-state index in [0.717, 1.165) is 5.56 Å². The number of benzene rings is 1. The van der Waals surface area contributed by atoms with Crippen molar-refractivity contribution in [1.82, 2.24) is 5.32 Å². The number of aromatic hydroxyl groups is 1. The molecule has 1 aromatic rings. The minimum atomic E-state index is -1.13. The molecule has 0 fully saturated rings. The molecule has 0 saturated heterocycles.